The van der Waals surface area contributed by atoms with Crippen LogP contribution in [0.2, 0.25) is 0 Å². The van der Waals surface area contributed by atoms with Gasteiger partial charge in [-0.05, 0) is 17.7 Å². The van der Waals surface area contributed by atoms with Gasteiger partial charge in [0, 0.05) is 13.1 Å². The van der Waals surface area contributed by atoms with Gasteiger partial charge in [-0.15, -0.1) is 0 Å². The lowest BCUT2D eigenvalue weighted by molar-refractivity contribution is -0.138. The van der Waals surface area contributed by atoms with E-state index in [1.807, 2.05) is 48.5 Å². The van der Waals surface area contributed by atoms with Crippen LogP contribution in [0.15, 0.2) is 60.7 Å². The van der Waals surface area contributed by atoms with Crippen LogP contribution < -0.4 is 10.1 Å². The average molecular weight is 313 g/mol. The highest BCUT2D eigenvalue weighted by atomic mass is 16.6. The van der Waals surface area contributed by atoms with Gasteiger partial charge in [0.25, 0.3) is 0 Å². The van der Waals surface area contributed by atoms with Crippen molar-refractivity contribution in [1.29, 1.82) is 0 Å². The Morgan fingerprint density at radius 3 is 2.48 bits per heavy atom. The maximum absolute atomic E-state index is 6.11. The van der Waals surface area contributed by atoms with Crippen LogP contribution in [0.3, 0.4) is 0 Å². The number of para-hydroxylation sites is 1. The molecule has 1 aliphatic heterocycles. The van der Waals surface area contributed by atoms with Gasteiger partial charge >= 0.3 is 0 Å². The molecule has 1 fully saturated rings. The average Bonchev–Trinajstić information content (AvgIpc) is 2.63. The molecule has 0 amide bonds. The van der Waals surface area contributed by atoms with E-state index in [-0.39, 0.29) is 12.2 Å². The molecular weight excluding hydrogens is 290 g/mol. The Bertz CT molecular complexity index is 561. The summed E-state index contributed by atoms with van der Waals surface area (Å²) in [5.41, 5.74) is 1.17. The van der Waals surface area contributed by atoms with Gasteiger partial charge in [-0.2, -0.15) is 0 Å². The molecular formula is C19H23NO3. The SMILES string of the molecule is c1ccc(OCCNC[C@@H]2COC[C@@H](c3ccccc3)O2)cc1. The summed E-state index contributed by atoms with van der Waals surface area (Å²) < 4.78 is 17.4. The van der Waals surface area contributed by atoms with Crippen molar-refractivity contribution in [3.63, 3.8) is 0 Å². The molecule has 4 heteroatoms. The fourth-order valence-corrected chi connectivity index (χ4v) is 2.59. The number of hydrogen-bond acceptors (Lipinski definition) is 4. The van der Waals surface area contributed by atoms with Crippen LogP contribution >= 0.6 is 0 Å². The molecule has 1 saturated heterocycles. The van der Waals surface area contributed by atoms with Crippen molar-refractivity contribution in [2.75, 3.05) is 32.9 Å². The first-order valence-electron chi connectivity index (χ1n) is 8.08. The van der Waals surface area contributed by atoms with Crippen LogP contribution in [0.1, 0.15) is 11.7 Å². The van der Waals surface area contributed by atoms with Crippen molar-refractivity contribution in [3.05, 3.63) is 66.2 Å². The molecule has 1 aliphatic rings. The van der Waals surface area contributed by atoms with E-state index in [1.54, 1.807) is 0 Å². The third kappa shape index (κ3) is 5.06. The van der Waals surface area contributed by atoms with Gasteiger partial charge in [0.2, 0.25) is 0 Å². The van der Waals surface area contributed by atoms with E-state index in [1.165, 1.54) is 5.56 Å². The Morgan fingerprint density at radius 2 is 1.70 bits per heavy atom. The minimum absolute atomic E-state index is 0.0253. The summed E-state index contributed by atoms with van der Waals surface area (Å²) in [7, 11) is 0. The molecule has 122 valence electrons. The first-order valence-corrected chi connectivity index (χ1v) is 8.08. The van der Waals surface area contributed by atoms with Crippen molar-refractivity contribution in [1.82, 2.24) is 5.32 Å². The van der Waals surface area contributed by atoms with E-state index in [0.29, 0.717) is 19.8 Å². The van der Waals surface area contributed by atoms with Gasteiger partial charge in [0.15, 0.2) is 0 Å². The molecule has 0 bridgehead atoms. The van der Waals surface area contributed by atoms with E-state index in [4.69, 9.17) is 14.2 Å². The lowest BCUT2D eigenvalue weighted by atomic mass is 10.1. The smallest absolute Gasteiger partial charge is 0.119 e. The van der Waals surface area contributed by atoms with Crippen LogP contribution in [-0.4, -0.2) is 39.0 Å². The zero-order valence-electron chi connectivity index (χ0n) is 13.2. The van der Waals surface area contributed by atoms with Gasteiger partial charge in [-0.25, -0.2) is 0 Å². The second-order valence-electron chi connectivity index (χ2n) is 5.56. The highest BCUT2D eigenvalue weighted by molar-refractivity contribution is 5.20. The minimum Gasteiger partial charge on any atom is -0.492 e. The molecule has 0 spiro atoms. The van der Waals surface area contributed by atoms with E-state index >= 15 is 0 Å². The summed E-state index contributed by atoms with van der Waals surface area (Å²) in [6.45, 7) is 3.44. The molecule has 2 aromatic rings. The first-order chi connectivity index (χ1) is 11.4. The van der Waals surface area contributed by atoms with E-state index in [9.17, 15) is 0 Å². The van der Waals surface area contributed by atoms with E-state index in [2.05, 4.69) is 17.4 Å². The molecule has 1 heterocycles. The Labute approximate surface area is 137 Å². The van der Waals surface area contributed by atoms with Gasteiger partial charge < -0.3 is 19.5 Å². The van der Waals surface area contributed by atoms with Crippen LogP contribution in [0.5, 0.6) is 5.75 Å². The molecule has 0 unspecified atom stereocenters. The number of hydrogen-bond donors (Lipinski definition) is 1. The highest BCUT2D eigenvalue weighted by Crippen LogP contribution is 2.23. The molecule has 2 aromatic carbocycles. The minimum atomic E-state index is 0.0253. The van der Waals surface area contributed by atoms with Gasteiger partial charge in [0.1, 0.15) is 18.5 Å². The van der Waals surface area contributed by atoms with Crippen molar-refractivity contribution < 1.29 is 14.2 Å². The summed E-state index contributed by atoms with van der Waals surface area (Å²) in [6.07, 6.45) is 0.100. The number of ether oxygens (including phenoxy) is 3. The zero-order chi connectivity index (χ0) is 15.7. The van der Waals surface area contributed by atoms with Crippen LogP contribution in [0.25, 0.3) is 0 Å². The topological polar surface area (TPSA) is 39.7 Å². The van der Waals surface area contributed by atoms with E-state index in [0.717, 1.165) is 18.8 Å². The number of nitrogens with one attached hydrogen (secondary N) is 1. The van der Waals surface area contributed by atoms with Gasteiger partial charge in [-0.3, -0.25) is 0 Å². The second-order valence-corrected chi connectivity index (χ2v) is 5.56. The predicted octanol–water partition coefficient (Wildman–Crippen LogP) is 2.81. The summed E-state index contributed by atoms with van der Waals surface area (Å²) in [5, 5.41) is 3.37. The molecule has 23 heavy (non-hydrogen) atoms. The number of benzene rings is 2. The highest BCUT2D eigenvalue weighted by Gasteiger charge is 2.23. The maximum atomic E-state index is 6.11. The molecule has 0 radical (unpaired) electrons. The lowest BCUT2D eigenvalue weighted by Crippen LogP contribution is -2.39. The Morgan fingerprint density at radius 1 is 0.957 bits per heavy atom. The van der Waals surface area contributed by atoms with Gasteiger partial charge in [-0.1, -0.05) is 48.5 Å². The second kappa shape index (κ2) is 8.67. The Kier molecular flexibility index (Phi) is 6.03. The Balaban J connectivity index is 1.35. The predicted molar refractivity (Wildman–Crippen MR) is 89.7 cm³/mol. The molecule has 0 saturated carbocycles. The normalized spacial score (nSPS) is 21.0. The third-order valence-electron chi connectivity index (χ3n) is 3.76. The summed E-state index contributed by atoms with van der Waals surface area (Å²) in [6, 6.07) is 20.1. The monoisotopic (exact) mass is 313 g/mol. The van der Waals surface area contributed by atoms with Crippen molar-refractivity contribution >= 4 is 0 Å². The number of rotatable bonds is 7. The quantitative estimate of drug-likeness (QED) is 0.798. The van der Waals surface area contributed by atoms with Crippen LogP contribution in [0.4, 0.5) is 0 Å². The van der Waals surface area contributed by atoms with E-state index < -0.39 is 0 Å². The van der Waals surface area contributed by atoms with Crippen molar-refractivity contribution in [3.8, 4) is 5.75 Å². The molecule has 2 atom stereocenters. The maximum Gasteiger partial charge on any atom is 0.119 e. The summed E-state index contributed by atoms with van der Waals surface area (Å²) >= 11 is 0. The van der Waals surface area contributed by atoms with Crippen LogP contribution in [0, 0.1) is 0 Å². The van der Waals surface area contributed by atoms with Crippen molar-refractivity contribution in [2.24, 2.45) is 0 Å². The fraction of sp³-hybridized carbons (Fsp3) is 0.368. The molecule has 3 rings (SSSR count). The first kappa shape index (κ1) is 16.0. The largest absolute Gasteiger partial charge is 0.492 e. The third-order valence-corrected chi connectivity index (χ3v) is 3.76. The molecule has 0 aromatic heterocycles. The molecule has 4 nitrogen and oxygen atoms in total. The molecule has 1 N–H and O–H groups in total. The fourth-order valence-electron chi connectivity index (χ4n) is 2.59. The van der Waals surface area contributed by atoms with Crippen LogP contribution in [-0.2, 0) is 9.47 Å². The van der Waals surface area contributed by atoms with Gasteiger partial charge in [0.05, 0.1) is 19.3 Å². The Hall–Kier alpha value is -1.88. The lowest BCUT2D eigenvalue weighted by Gasteiger charge is -2.30. The van der Waals surface area contributed by atoms with Crippen molar-refractivity contribution in [2.45, 2.75) is 12.2 Å². The standard InChI is InChI=1S/C19H23NO3/c1-3-7-16(8-4-1)19-15-21-14-18(23-19)13-20-11-12-22-17-9-5-2-6-10-17/h1-10,18-20H,11-15H2/t18-,19+/m1/s1. The zero-order valence-corrected chi connectivity index (χ0v) is 13.2. The summed E-state index contributed by atoms with van der Waals surface area (Å²) in [4.78, 5) is 0. The summed E-state index contributed by atoms with van der Waals surface area (Å²) in [5.74, 6) is 0.899. The molecule has 0 aliphatic carbocycles.